The summed E-state index contributed by atoms with van der Waals surface area (Å²) in [5, 5.41) is 6.30. The van der Waals surface area contributed by atoms with Crippen LogP contribution in [0, 0.1) is 5.92 Å². The predicted octanol–water partition coefficient (Wildman–Crippen LogP) is 2.70. The van der Waals surface area contributed by atoms with Crippen molar-refractivity contribution in [2.75, 3.05) is 17.6 Å². The van der Waals surface area contributed by atoms with Gasteiger partial charge < -0.3 is 16.4 Å². The highest BCUT2D eigenvalue weighted by molar-refractivity contribution is 6.02. The van der Waals surface area contributed by atoms with Crippen LogP contribution in [-0.4, -0.2) is 38.7 Å². The molecule has 1 aliphatic rings. The third-order valence-electron chi connectivity index (χ3n) is 5.02. The second kappa shape index (κ2) is 8.08. The van der Waals surface area contributed by atoms with Crippen molar-refractivity contribution in [3.05, 3.63) is 17.8 Å². The lowest BCUT2D eigenvalue weighted by Gasteiger charge is -2.32. The van der Waals surface area contributed by atoms with Crippen LogP contribution in [0.4, 0.5) is 11.8 Å². The average molecular weight is 384 g/mol. The van der Waals surface area contributed by atoms with Crippen molar-refractivity contribution in [3.8, 4) is 0 Å². The molecule has 1 aliphatic carbocycles. The van der Waals surface area contributed by atoms with Gasteiger partial charge in [-0.1, -0.05) is 19.8 Å². The molecule has 2 aromatic rings. The Kier molecular flexibility index (Phi) is 5.76. The number of ketones is 1. The van der Waals surface area contributed by atoms with Gasteiger partial charge in [-0.05, 0) is 32.3 Å². The largest absolute Gasteiger partial charge is 0.368 e. The van der Waals surface area contributed by atoms with Crippen LogP contribution in [0.3, 0.4) is 0 Å². The zero-order valence-electron chi connectivity index (χ0n) is 16.7. The zero-order chi connectivity index (χ0) is 20.3. The number of amides is 1. The van der Waals surface area contributed by atoms with Crippen LogP contribution < -0.4 is 16.4 Å². The van der Waals surface area contributed by atoms with Gasteiger partial charge in [0, 0.05) is 31.1 Å². The van der Waals surface area contributed by atoms with Crippen molar-refractivity contribution in [2.45, 2.75) is 58.4 Å². The van der Waals surface area contributed by atoms with Crippen LogP contribution in [0.15, 0.2) is 12.3 Å². The summed E-state index contributed by atoms with van der Waals surface area (Å²) in [6, 6.07) is 1.74. The van der Waals surface area contributed by atoms with Crippen molar-refractivity contribution in [3.63, 3.8) is 0 Å². The van der Waals surface area contributed by atoms with E-state index in [1.54, 1.807) is 12.3 Å². The van der Waals surface area contributed by atoms with Crippen LogP contribution in [0.1, 0.15) is 63.2 Å². The number of anilines is 2. The van der Waals surface area contributed by atoms with E-state index in [1.165, 1.54) is 6.92 Å². The quantitative estimate of drug-likeness (QED) is 0.568. The van der Waals surface area contributed by atoms with Crippen LogP contribution in [0.2, 0.25) is 0 Å². The molecule has 1 saturated carbocycles. The summed E-state index contributed by atoms with van der Waals surface area (Å²) >= 11 is 0. The lowest BCUT2D eigenvalue weighted by atomic mass is 9.94. The molecule has 0 aliphatic heterocycles. The average Bonchev–Trinajstić information content (AvgIpc) is 3.49. The zero-order valence-corrected chi connectivity index (χ0v) is 16.7. The molecule has 0 bridgehead atoms. The number of pyridine rings is 1. The van der Waals surface area contributed by atoms with E-state index in [4.69, 9.17) is 5.73 Å². The summed E-state index contributed by atoms with van der Waals surface area (Å²) in [5.41, 5.74) is 7.17. The van der Waals surface area contributed by atoms with Gasteiger partial charge in [-0.25, -0.2) is 9.97 Å². The number of unbranched alkanes of at least 4 members (excludes halogenated alkanes) is 1. The Morgan fingerprint density at radius 2 is 2.07 bits per heavy atom. The molecule has 3 rings (SSSR count). The molecule has 2 heterocycles. The van der Waals surface area contributed by atoms with Crippen molar-refractivity contribution in [2.24, 2.45) is 5.92 Å². The molecule has 8 nitrogen and oxygen atoms in total. The van der Waals surface area contributed by atoms with Gasteiger partial charge in [0.1, 0.15) is 5.52 Å². The van der Waals surface area contributed by atoms with Gasteiger partial charge in [0.05, 0.1) is 11.1 Å². The fraction of sp³-hybridized carbons (Fsp3) is 0.550. The van der Waals surface area contributed by atoms with Gasteiger partial charge in [0.15, 0.2) is 11.6 Å². The van der Waals surface area contributed by atoms with Gasteiger partial charge in [0.2, 0.25) is 11.9 Å². The number of nitrogens with two attached hydrogens (primary N) is 1. The van der Waals surface area contributed by atoms with Gasteiger partial charge in [0.25, 0.3) is 0 Å². The second-order valence-corrected chi connectivity index (χ2v) is 7.86. The molecule has 150 valence electrons. The molecular formula is C20H28N6O2. The molecular weight excluding hydrogens is 356 g/mol. The summed E-state index contributed by atoms with van der Waals surface area (Å²) in [7, 11) is 0. The van der Waals surface area contributed by atoms with Gasteiger partial charge in [-0.2, -0.15) is 4.98 Å². The van der Waals surface area contributed by atoms with Crippen molar-refractivity contribution >= 4 is 34.5 Å². The van der Waals surface area contributed by atoms with E-state index in [9.17, 15) is 9.59 Å². The number of hydrogen-bond acceptors (Lipinski definition) is 7. The maximum atomic E-state index is 12.3. The number of hydrogen-bond donors (Lipinski definition) is 3. The molecule has 1 amide bonds. The number of aromatic nitrogens is 3. The summed E-state index contributed by atoms with van der Waals surface area (Å²) in [6.45, 7) is 6.11. The first-order valence-electron chi connectivity index (χ1n) is 9.81. The van der Waals surface area contributed by atoms with E-state index in [0.29, 0.717) is 29.0 Å². The Morgan fingerprint density at radius 3 is 2.71 bits per heavy atom. The highest BCUT2D eigenvalue weighted by atomic mass is 16.1. The van der Waals surface area contributed by atoms with E-state index >= 15 is 0 Å². The number of nitrogen functional groups attached to an aromatic ring is 1. The molecule has 0 aromatic carbocycles. The lowest BCUT2D eigenvalue weighted by Crippen LogP contribution is -2.46. The highest BCUT2D eigenvalue weighted by Crippen LogP contribution is 2.33. The van der Waals surface area contributed by atoms with Crippen molar-refractivity contribution in [1.29, 1.82) is 0 Å². The molecule has 0 radical (unpaired) electrons. The van der Waals surface area contributed by atoms with E-state index in [2.05, 4.69) is 32.5 Å². The van der Waals surface area contributed by atoms with E-state index < -0.39 is 5.54 Å². The molecule has 0 unspecified atom stereocenters. The SMILES string of the molecule is CCCC[C@](C)(CNC(C)=O)Nc1nc(N)nc2cc(C(=O)C3CC3)cnc12. The first-order valence-corrected chi connectivity index (χ1v) is 9.81. The maximum absolute atomic E-state index is 12.3. The first kappa shape index (κ1) is 20.0. The van der Waals surface area contributed by atoms with Gasteiger partial charge >= 0.3 is 0 Å². The van der Waals surface area contributed by atoms with Crippen LogP contribution in [0.5, 0.6) is 0 Å². The Morgan fingerprint density at radius 1 is 1.32 bits per heavy atom. The summed E-state index contributed by atoms with van der Waals surface area (Å²) in [4.78, 5) is 36.8. The minimum Gasteiger partial charge on any atom is -0.368 e. The molecule has 0 saturated heterocycles. The number of fused-ring (bicyclic) bond motifs is 1. The monoisotopic (exact) mass is 384 g/mol. The molecule has 8 heteroatoms. The van der Waals surface area contributed by atoms with Crippen molar-refractivity contribution < 1.29 is 9.59 Å². The van der Waals surface area contributed by atoms with E-state index in [-0.39, 0.29) is 23.6 Å². The Hall–Kier alpha value is -2.77. The number of carbonyl (C=O) groups excluding carboxylic acids is 2. The van der Waals surface area contributed by atoms with Crippen molar-refractivity contribution in [1.82, 2.24) is 20.3 Å². The lowest BCUT2D eigenvalue weighted by molar-refractivity contribution is -0.119. The Bertz CT molecular complexity index is 896. The predicted molar refractivity (Wildman–Crippen MR) is 109 cm³/mol. The third kappa shape index (κ3) is 4.74. The molecule has 0 spiro atoms. The minimum absolute atomic E-state index is 0.0852. The highest BCUT2D eigenvalue weighted by Gasteiger charge is 2.31. The molecule has 4 N–H and O–H groups in total. The second-order valence-electron chi connectivity index (χ2n) is 7.86. The maximum Gasteiger partial charge on any atom is 0.222 e. The van der Waals surface area contributed by atoms with Crippen LogP contribution >= 0.6 is 0 Å². The van der Waals surface area contributed by atoms with Crippen LogP contribution in [-0.2, 0) is 4.79 Å². The number of carbonyl (C=O) groups is 2. The fourth-order valence-electron chi connectivity index (χ4n) is 3.21. The fourth-order valence-corrected chi connectivity index (χ4v) is 3.21. The number of rotatable bonds is 9. The number of nitrogens with zero attached hydrogens (tertiary/aromatic N) is 3. The number of Topliss-reactive ketones (excluding diaryl/α,β-unsaturated/α-hetero) is 1. The smallest absolute Gasteiger partial charge is 0.222 e. The van der Waals surface area contributed by atoms with E-state index in [0.717, 1.165) is 32.1 Å². The summed E-state index contributed by atoms with van der Waals surface area (Å²) in [6.07, 6.45) is 6.34. The van der Waals surface area contributed by atoms with E-state index in [1.807, 2.05) is 6.92 Å². The van der Waals surface area contributed by atoms with Crippen LogP contribution in [0.25, 0.3) is 11.0 Å². The third-order valence-corrected chi connectivity index (χ3v) is 5.02. The molecule has 28 heavy (non-hydrogen) atoms. The first-order chi connectivity index (χ1) is 13.3. The normalized spacial score (nSPS) is 15.8. The standard InChI is InChI=1S/C20H28N6O2/c1-4-5-8-20(3,11-23-12(2)27)26-18-16-15(24-19(21)25-18)9-14(10-22-16)17(28)13-6-7-13/h9-10,13H,4-8,11H2,1-3H3,(H,23,27)(H3,21,24,25,26)/t20-/m1/s1. The molecule has 2 aromatic heterocycles. The van der Waals surface area contributed by atoms with Gasteiger partial charge in [-0.3, -0.25) is 9.59 Å². The Balaban J connectivity index is 1.93. The number of nitrogens with one attached hydrogen (secondary N) is 2. The minimum atomic E-state index is -0.417. The summed E-state index contributed by atoms with van der Waals surface area (Å²) < 4.78 is 0. The molecule has 1 atom stereocenters. The topological polar surface area (TPSA) is 123 Å². The summed E-state index contributed by atoms with van der Waals surface area (Å²) in [5.74, 6) is 0.769. The Labute approximate surface area is 164 Å². The molecule has 1 fully saturated rings. The van der Waals surface area contributed by atoms with Gasteiger partial charge in [-0.15, -0.1) is 0 Å².